The number of benzene rings is 1. The Balaban J connectivity index is 1.86. The molecule has 1 atom stereocenters. The van der Waals surface area contributed by atoms with Gasteiger partial charge in [0.25, 0.3) is 5.91 Å². The number of carbonyl (C=O) groups excluding carboxylic acids is 1. The molecular formula is C16H13Cl2NO4. The van der Waals surface area contributed by atoms with E-state index in [0.29, 0.717) is 16.6 Å². The summed E-state index contributed by atoms with van der Waals surface area (Å²) in [6.07, 6.45) is 2.72. The molecule has 23 heavy (non-hydrogen) atoms. The Morgan fingerprint density at radius 1 is 1.22 bits per heavy atom. The number of rotatable bonds is 3. The summed E-state index contributed by atoms with van der Waals surface area (Å²) in [6, 6.07) is 6.42. The Morgan fingerprint density at radius 2 is 2.00 bits per heavy atom. The number of hydrogen-bond donors (Lipinski definition) is 1. The van der Waals surface area contributed by atoms with Crippen molar-refractivity contribution >= 4 is 35.1 Å². The van der Waals surface area contributed by atoms with Gasteiger partial charge in [-0.05, 0) is 30.5 Å². The molecule has 1 saturated heterocycles. The van der Waals surface area contributed by atoms with Crippen LogP contribution in [0, 0.1) is 0 Å². The summed E-state index contributed by atoms with van der Waals surface area (Å²) in [6.45, 7) is 0.576. The van der Waals surface area contributed by atoms with Crippen LogP contribution < -0.4 is 0 Å². The number of furan rings is 1. The zero-order valence-electron chi connectivity index (χ0n) is 12.0. The number of likely N-dealkylation sites (tertiary alicyclic amines) is 1. The van der Waals surface area contributed by atoms with E-state index in [-0.39, 0.29) is 23.3 Å². The molecule has 0 bridgehead atoms. The van der Waals surface area contributed by atoms with E-state index < -0.39 is 5.97 Å². The topological polar surface area (TPSA) is 70.7 Å². The molecule has 1 aliphatic rings. The van der Waals surface area contributed by atoms with Gasteiger partial charge in [0.2, 0.25) is 0 Å². The number of carbonyl (C=O) groups is 2. The van der Waals surface area contributed by atoms with Crippen molar-refractivity contribution in [2.24, 2.45) is 0 Å². The Bertz CT molecular complexity index is 771. The number of hydrogen-bond acceptors (Lipinski definition) is 3. The van der Waals surface area contributed by atoms with E-state index in [0.717, 1.165) is 24.7 Å². The van der Waals surface area contributed by atoms with Crippen LogP contribution in [0.3, 0.4) is 0 Å². The Labute approximate surface area is 142 Å². The predicted molar refractivity (Wildman–Crippen MR) is 85.1 cm³/mol. The van der Waals surface area contributed by atoms with Crippen LogP contribution >= 0.6 is 23.2 Å². The highest BCUT2D eigenvalue weighted by molar-refractivity contribution is 6.42. The number of halogens is 2. The molecule has 1 unspecified atom stereocenters. The van der Waals surface area contributed by atoms with Crippen LogP contribution in [-0.2, 0) is 0 Å². The molecule has 7 heteroatoms. The monoisotopic (exact) mass is 353 g/mol. The first-order valence-corrected chi connectivity index (χ1v) is 7.80. The summed E-state index contributed by atoms with van der Waals surface area (Å²) >= 11 is 12.0. The lowest BCUT2D eigenvalue weighted by molar-refractivity contribution is 0.0690. The molecule has 120 valence electrons. The Kier molecular flexibility index (Phi) is 4.33. The first-order valence-electron chi connectivity index (χ1n) is 7.05. The van der Waals surface area contributed by atoms with E-state index >= 15 is 0 Å². The number of nitrogens with zero attached hydrogens (tertiary/aromatic N) is 1. The molecule has 2 aromatic rings. The molecule has 0 radical (unpaired) electrons. The van der Waals surface area contributed by atoms with Crippen LogP contribution in [0.25, 0.3) is 0 Å². The fraction of sp³-hybridized carbons (Fsp3) is 0.250. The van der Waals surface area contributed by atoms with E-state index in [9.17, 15) is 9.59 Å². The van der Waals surface area contributed by atoms with Crippen LogP contribution in [0.4, 0.5) is 0 Å². The number of amides is 1. The predicted octanol–water partition coefficient (Wildman–Crippen LogP) is 4.26. The van der Waals surface area contributed by atoms with Gasteiger partial charge >= 0.3 is 5.97 Å². The maximum atomic E-state index is 12.6. The maximum absolute atomic E-state index is 12.6. The minimum Gasteiger partial charge on any atom is -0.478 e. The second kappa shape index (κ2) is 6.26. The summed E-state index contributed by atoms with van der Waals surface area (Å²) in [5.74, 6) is -1.43. The van der Waals surface area contributed by atoms with Crippen molar-refractivity contribution in [3.05, 3.63) is 57.5 Å². The lowest BCUT2D eigenvalue weighted by Gasteiger charge is -2.24. The van der Waals surface area contributed by atoms with Gasteiger partial charge in [0.05, 0.1) is 21.7 Å². The summed E-state index contributed by atoms with van der Waals surface area (Å²) < 4.78 is 5.11. The number of carboxylic acids is 1. The van der Waals surface area contributed by atoms with Gasteiger partial charge < -0.3 is 14.4 Å². The average molecular weight is 354 g/mol. The molecule has 2 heterocycles. The molecule has 1 aromatic carbocycles. The third-order valence-corrected chi connectivity index (χ3v) is 4.64. The molecule has 1 N–H and O–H groups in total. The molecule has 0 spiro atoms. The van der Waals surface area contributed by atoms with Gasteiger partial charge in [-0.3, -0.25) is 4.79 Å². The van der Waals surface area contributed by atoms with Gasteiger partial charge in [-0.1, -0.05) is 29.3 Å². The van der Waals surface area contributed by atoms with E-state index in [2.05, 4.69) is 0 Å². The largest absolute Gasteiger partial charge is 0.478 e. The molecule has 1 aromatic heterocycles. The Morgan fingerprint density at radius 3 is 2.65 bits per heavy atom. The highest BCUT2D eigenvalue weighted by Gasteiger charge is 2.32. The zero-order valence-corrected chi connectivity index (χ0v) is 13.5. The molecule has 1 aliphatic heterocycles. The van der Waals surface area contributed by atoms with Crippen LogP contribution in [0.2, 0.25) is 10.0 Å². The van der Waals surface area contributed by atoms with E-state index in [1.165, 1.54) is 6.07 Å². The summed E-state index contributed by atoms with van der Waals surface area (Å²) in [5.41, 5.74) is 0.855. The van der Waals surface area contributed by atoms with Gasteiger partial charge in [-0.15, -0.1) is 0 Å². The van der Waals surface area contributed by atoms with Crippen LogP contribution in [0.15, 0.2) is 34.9 Å². The van der Waals surface area contributed by atoms with E-state index in [4.69, 9.17) is 32.7 Å². The third-order valence-electron chi connectivity index (χ3n) is 3.90. The van der Waals surface area contributed by atoms with Gasteiger partial charge in [0.15, 0.2) is 5.76 Å². The summed E-state index contributed by atoms with van der Waals surface area (Å²) in [4.78, 5) is 25.2. The van der Waals surface area contributed by atoms with Crippen molar-refractivity contribution < 1.29 is 19.1 Å². The molecule has 0 saturated carbocycles. The lowest BCUT2D eigenvalue weighted by Crippen LogP contribution is -2.30. The maximum Gasteiger partial charge on any atom is 0.338 e. The quantitative estimate of drug-likeness (QED) is 0.894. The normalized spacial score (nSPS) is 17.5. The van der Waals surface area contributed by atoms with Crippen LogP contribution in [0.1, 0.15) is 45.4 Å². The summed E-state index contributed by atoms with van der Waals surface area (Å²) in [7, 11) is 0. The van der Waals surface area contributed by atoms with Crippen LogP contribution in [0.5, 0.6) is 0 Å². The average Bonchev–Trinajstić information content (AvgIpc) is 3.18. The molecule has 1 amide bonds. The van der Waals surface area contributed by atoms with E-state index in [1.807, 2.05) is 6.07 Å². The molecular weight excluding hydrogens is 341 g/mol. The smallest absolute Gasteiger partial charge is 0.338 e. The fourth-order valence-corrected chi connectivity index (χ4v) is 3.08. The number of carboxylic acid groups (broad SMARTS) is 1. The van der Waals surface area contributed by atoms with Crippen molar-refractivity contribution in [3.63, 3.8) is 0 Å². The van der Waals surface area contributed by atoms with Crippen molar-refractivity contribution in [3.8, 4) is 0 Å². The van der Waals surface area contributed by atoms with Crippen molar-refractivity contribution in [2.45, 2.75) is 18.9 Å². The van der Waals surface area contributed by atoms with Gasteiger partial charge in [0.1, 0.15) is 6.26 Å². The molecule has 1 fully saturated rings. The zero-order chi connectivity index (χ0) is 16.6. The highest BCUT2D eigenvalue weighted by atomic mass is 35.5. The minimum absolute atomic E-state index is 0.0226. The fourth-order valence-electron chi connectivity index (χ4n) is 2.78. The second-order valence-electron chi connectivity index (χ2n) is 5.33. The highest BCUT2D eigenvalue weighted by Crippen LogP contribution is 2.36. The summed E-state index contributed by atoms with van der Waals surface area (Å²) in [5, 5.41) is 9.82. The molecule has 0 aliphatic carbocycles. The molecule has 3 rings (SSSR count). The van der Waals surface area contributed by atoms with Gasteiger partial charge in [-0.25, -0.2) is 4.79 Å². The van der Waals surface area contributed by atoms with Crippen molar-refractivity contribution in [2.75, 3.05) is 6.54 Å². The van der Waals surface area contributed by atoms with Gasteiger partial charge in [-0.2, -0.15) is 0 Å². The van der Waals surface area contributed by atoms with Crippen LogP contribution in [-0.4, -0.2) is 28.4 Å². The number of aromatic carboxylic acids is 1. The second-order valence-corrected chi connectivity index (χ2v) is 6.15. The Hall–Kier alpha value is -1.98. The minimum atomic E-state index is -1.13. The van der Waals surface area contributed by atoms with Crippen molar-refractivity contribution in [1.29, 1.82) is 0 Å². The van der Waals surface area contributed by atoms with E-state index in [1.54, 1.807) is 17.0 Å². The SMILES string of the molecule is O=C(O)c1coc(C(=O)N2CCCC2c2ccc(Cl)c(Cl)c2)c1. The molecule has 5 nitrogen and oxygen atoms in total. The van der Waals surface area contributed by atoms with Crippen molar-refractivity contribution in [1.82, 2.24) is 4.90 Å². The first kappa shape index (κ1) is 15.9. The standard InChI is InChI=1S/C16H13Cl2NO4/c17-11-4-3-9(6-12(11)18)13-2-1-5-19(13)15(20)14-7-10(8-23-14)16(21)22/h3-4,6-8,13H,1-2,5H2,(H,21,22). The van der Waals surface area contributed by atoms with Gasteiger partial charge in [0, 0.05) is 12.6 Å². The first-order chi connectivity index (χ1) is 11.0. The third kappa shape index (κ3) is 3.07. The lowest BCUT2D eigenvalue weighted by atomic mass is 10.0.